The smallest absolute Gasteiger partial charge is 0.251 e. The first-order valence-electron chi connectivity index (χ1n) is 9.02. The molecule has 0 aliphatic heterocycles. The minimum absolute atomic E-state index is 0.0316. The molecule has 27 heavy (non-hydrogen) atoms. The zero-order chi connectivity index (χ0) is 19.2. The zero-order valence-corrected chi connectivity index (χ0v) is 15.6. The molecule has 1 saturated carbocycles. The summed E-state index contributed by atoms with van der Waals surface area (Å²) >= 11 is 0. The molecule has 1 N–H and O–H groups in total. The Bertz CT molecular complexity index is 822. The summed E-state index contributed by atoms with van der Waals surface area (Å²) in [5.74, 6) is 0.669. The van der Waals surface area contributed by atoms with Crippen LogP contribution < -0.4 is 10.1 Å². The molecule has 2 aromatic carbocycles. The minimum Gasteiger partial charge on any atom is -0.497 e. The Labute approximate surface area is 159 Å². The molecule has 0 bridgehead atoms. The summed E-state index contributed by atoms with van der Waals surface area (Å²) in [6.45, 7) is 0.482. The molecule has 0 heterocycles. The van der Waals surface area contributed by atoms with E-state index in [4.69, 9.17) is 4.74 Å². The fourth-order valence-electron chi connectivity index (χ4n) is 2.62. The van der Waals surface area contributed by atoms with E-state index in [1.54, 1.807) is 43.3 Å². The summed E-state index contributed by atoms with van der Waals surface area (Å²) < 4.78 is 5.12. The normalized spacial score (nSPS) is 13.4. The van der Waals surface area contributed by atoms with Crippen LogP contribution in [0.25, 0.3) is 6.08 Å². The third-order valence-electron chi connectivity index (χ3n) is 4.46. The molecule has 1 fully saturated rings. The first-order valence-corrected chi connectivity index (χ1v) is 9.02. The van der Waals surface area contributed by atoms with Gasteiger partial charge in [0.05, 0.1) is 7.11 Å². The van der Waals surface area contributed by atoms with Crippen LogP contribution in [0.5, 0.6) is 5.75 Å². The fourth-order valence-corrected chi connectivity index (χ4v) is 2.62. The standard InChI is InChI=1S/C22H24N2O3/c1-24(21(25)14-7-16-5-12-20(27-2)13-6-16)15-17-3-8-18(9-4-17)22(26)23-19-10-11-19/h3-9,12-14,19H,10-11,15H2,1-2H3,(H,23,26)/b14-7+. The van der Waals surface area contributed by atoms with Crippen LogP contribution in [0.3, 0.4) is 0 Å². The first-order chi connectivity index (χ1) is 13.0. The number of nitrogens with one attached hydrogen (secondary N) is 1. The third kappa shape index (κ3) is 5.45. The highest BCUT2D eigenvalue weighted by Gasteiger charge is 2.23. The number of ether oxygens (including phenoxy) is 1. The van der Waals surface area contributed by atoms with Crippen molar-refractivity contribution in [3.63, 3.8) is 0 Å². The van der Waals surface area contributed by atoms with Crippen LogP contribution in [-0.4, -0.2) is 36.9 Å². The van der Waals surface area contributed by atoms with Gasteiger partial charge < -0.3 is 15.0 Å². The fraction of sp³-hybridized carbons (Fsp3) is 0.273. The number of carbonyl (C=O) groups is 2. The van der Waals surface area contributed by atoms with Crippen LogP contribution in [0.2, 0.25) is 0 Å². The van der Waals surface area contributed by atoms with Crippen molar-refractivity contribution in [1.82, 2.24) is 10.2 Å². The summed E-state index contributed by atoms with van der Waals surface area (Å²) in [5.41, 5.74) is 2.56. The molecule has 2 amide bonds. The Morgan fingerprint density at radius 1 is 1.11 bits per heavy atom. The maximum absolute atomic E-state index is 12.3. The Hall–Kier alpha value is -3.08. The van der Waals surface area contributed by atoms with Crippen LogP contribution >= 0.6 is 0 Å². The van der Waals surface area contributed by atoms with Crippen molar-refractivity contribution in [1.29, 1.82) is 0 Å². The number of amides is 2. The Morgan fingerprint density at radius 3 is 2.37 bits per heavy atom. The summed E-state index contributed by atoms with van der Waals surface area (Å²) in [7, 11) is 3.38. The number of nitrogens with zero attached hydrogens (tertiary/aromatic N) is 1. The number of methoxy groups -OCH3 is 1. The molecule has 0 spiro atoms. The summed E-state index contributed by atoms with van der Waals surface area (Å²) in [5, 5.41) is 2.97. The highest BCUT2D eigenvalue weighted by atomic mass is 16.5. The van der Waals surface area contributed by atoms with Crippen LogP contribution in [-0.2, 0) is 11.3 Å². The lowest BCUT2D eigenvalue weighted by molar-refractivity contribution is -0.125. The third-order valence-corrected chi connectivity index (χ3v) is 4.46. The molecule has 3 rings (SSSR count). The van der Waals surface area contributed by atoms with Gasteiger partial charge in [0.15, 0.2) is 0 Å². The number of hydrogen-bond acceptors (Lipinski definition) is 3. The van der Waals surface area contributed by atoms with Crippen molar-refractivity contribution >= 4 is 17.9 Å². The maximum atomic E-state index is 12.3. The molecule has 140 valence electrons. The van der Waals surface area contributed by atoms with Gasteiger partial charge in [0, 0.05) is 31.3 Å². The Kier molecular flexibility index (Phi) is 5.91. The number of likely N-dealkylation sites (N-methyl/N-ethyl adjacent to an activating group) is 1. The average molecular weight is 364 g/mol. The van der Waals surface area contributed by atoms with Gasteiger partial charge in [-0.2, -0.15) is 0 Å². The van der Waals surface area contributed by atoms with Crippen molar-refractivity contribution in [2.75, 3.05) is 14.2 Å². The van der Waals surface area contributed by atoms with E-state index < -0.39 is 0 Å². The van der Waals surface area contributed by atoms with Crippen molar-refractivity contribution in [3.8, 4) is 5.75 Å². The summed E-state index contributed by atoms with van der Waals surface area (Å²) in [4.78, 5) is 25.9. The first kappa shape index (κ1) is 18.7. The van der Waals surface area contributed by atoms with Gasteiger partial charge in [0.1, 0.15) is 5.75 Å². The average Bonchev–Trinajstić information content (AvgIpc) is 3.51. The molecule has 2 aromatic rings. The molecule has 0 radical (unpaired) electrons. The lowest BCUT2D eigenvalue weighted by Crippen LogP contribution is -2.26. The minimum atomic E-state index is -0.0821. The van der Waals surface area contributed by atoms with E-state index in [9.17, 15) is 9.59 Å². The van der Waals surface area contributed by atoms with Gasteiger partial charge in [-0.05, 0) is 54.3 Å². The van der Waals surface area contributed by atoms with Gasteiger partial charge in [0.25, 0.3) is 5.91 Å². The predicted molar refractivity (Wildman–Crippen MR) is 105 cm³/mol. The topological polar surface area (TPSA) is 58.6 Å². The molecular weight excluding hydrogens is 340 g/mol. The Balaban J connectivity index is 1.53. The van der Waals surface area contributed by atoms with Crippen molar-refractivity contribution in [2.24, 2.45) is 0 Å². The van der Waals surface area contributed by atoms with Crippen LogP contribution in [0, 0.1) is 0 Å². The largest absolute Gasteiger partial charge is 0.497 e. The number of benzene rings is 2. The molecule has 1 aliphatic carbocycles. The highest BCUT2D eigenvalue weighted by Crippen LogP contribution is 2.19. The quantitative estimate of drug-likeness (QED) is 0.767. The van der Waals surface area contributed by atoms with Gasteiger partial charge in [-0.1, -0.05) is 24.3 Å². The van der Waals surface area contributed by atoms with Crippen LogP contribution in [0.1, 0.15) is 34.3 Å². The predicted octanol–water partition coefficient (Wildman–Crippen LogP) is 3.26. The van der Waals surface area contributed by atoms with E-state index in [0.717, 1.165) is 29.7 Å². The summed E-state index contributed by atoms with van der Waals surface area (Å²) in [6.07, 6.45) is 5.48. The van der Waals surface area contributed by atoms with Crippen LogP contribution in [0.15, 0.2) is 54.6 Å². The van der Waals surface area contributed by atoms with Crippen LogP contribution in [0.4, 0.5) is 0 Å². The van der Waals surface area contributed by atoms with Gasteiger partial charge in [-0.3, -0.25) is 9.59 Å². The van der Waals surface area contributed by atoms with Crippen molar-refractivity contribution in [2.45, 2.75) is 25.4 Å². The SMILES string of the molecule is COc1ccc(/C=C/C(=O)N(C)Cc2ccc(C(=O)NC3CC3)cc2)cc1. The molecular formula is C22H24N2O3. The zero-order valence-electron chi connectivity index (χ0n) is 15.6. The van der Waals surface area contributed by atoms with Gasteiger partial charge >= 0.3 is 0 Å². The highest BCUT2D eigenvalue weighted by molar-refractivity contribution is 5.94. The second-order valence-corrected chi connectivity index (χ2v) is 6.75. The molecule has 0 atom stereocenters. The Morgan fingerprint density at radius 2 is 1.78 bits per heavy atom. The molecule has 0 saturated heterocycles. The molecule has 0 aromatic heterocycles. The lowest BCUT2D eigenvalue weighted by atomic mass is 10.1. The van der Waals surface area contributed by atoms with E-state index in [2.05, 4.69) is 5.32 Å². The van der Waals surface area contributed by atoms with Crippen molar-refractivity contribution < 1.29 is 14.3 Å². The molecule has 0 unspecified atom stereocenters. The number of carbonyl (C=O) groups excluding carboxylic acids is 2. The van der Waals surface area contributed by atoms with E-state index in [0.29, 0.717) is 18.2 Å². The molecule has 5 nitrogen and oxygen atoms in total. The molecule has 5 heteroatoms. The number of hydrogen-bond donors (Lipinski definition) is 1. The van der Waals surface area contributed by atoms with E-state index >= 15 is 0 Å². The van der Waals surface area contributed by atoms with Gasteiger partial charge in [0.2, 0.25) is 5.91 Å². The van der Waals surface area contributed by atoms with E-state index in [1.807, 2.05) is 36.4 Å². The van der Waals surface area contributed by atoms with Gasteiger partial charge in [-0.15, -0.1) is 0 Å². The van der Waals surface area contributed by atoms with Gasteiger partial charge in [-0.25, -0.2) is 0 Å². The van der Waals surface area contributed by atoms with E-state index in [1.165, 1.54) is 0 Å². The second-order valence-electron chi connectivity index (χ2n) is 6.75. The summed E-state index contributed by atoms with van der Waals surface area (Å²) in [6, 6.07) is 15.2. The number of rotatable bonds is 7. The maximum Gasteiger partial charge on any atom is 0.251 e. The van der Waals surface area contributed by atoms with Crippen molar-refractivity contribution in [3.05, 3.63) is 71.3 Å². The van der Waals surface area contributed by atoms with E-state index in [-0.39, 0.29) is 11.8 Å². The monoisotopic (exact) mass is 364 g/mol. The lowest BCUT2D eigenvalue weighted by Gasteiger charge is -2.15. The second kappa shape index (κ2) is 8.54. The molecule has 1 aliphatic rings.